The van der Waals surface area contributed by atoms with Crippen molar-refractivity contribution in [2.45, 2.75) is 40.7 Å². The quantitative estimate of drug-likeness (QED) is 0.244. The van der Waals surface area contributed by atoms with Crippen LogP contribution >= 0.6 is 23.2 Å². The molecule has 35 heavy (non-hydrogen) atoms. The monoisotopic (exact) mass is 525 g/mol. The predicted octanol–water partition coefficient (Wildman–Crippen LogP) is 6.27. The smallest absolute Gasteiger partial charge is 0.258 e. The lowest BCUT2D eigenvalue weighted by molar-refractivity contribution is -0.126. The molecule has 0 bridgehead atoms. The fourth-order valence-corrected chi connectivity index (χ4v) is 3.37. The Bertz CT molecular complexity index is 1080. The van der Waals surface area contributed by atoms with Gasteiger partial charge in [-0.05, 0) is 40.7 Å². The van der Waals surface area contributed by atoms with Crippen LogP contribution in [0.1, 0.15) is 34.6 Å². The zero-order valence-corrected chi connectivity index (χ0v) is 21.8. The molecule has 190 valence electrons. The summed E-state index contributed by atoms with van der Waals surface area (Å²) in [6.45, 7) is 10.0. The molecule has 0 aromatic heterocycles. The number of hydrogen-bond donors (Lipinski definition) is 1. The van der Waals surface area contributed by atoms with E-state index in [1.54, 1.807) is 25.1 Å². The molecule has 0 fully saturated rings. The minimum atomic E-state index is -1.45. The van der Waals surface area contributed by atoms with E-state index >= 15 is 0 Å². The van der Waals surface area contributed by atoms with E-state index in [-0.39, 0.29) is 21.4 Å². The number of nitrogens with one attached hydrogen (secondary N) is 1. The highest BCUT2D eigenvalue weighted by molar-refractivity contribution is 6.34. The zero-order valence-electron chi connectivity index (χ0n) is 20.3. The molecule has 0 aliphatic carbocycles. The molecule has 0 heterocycles. The van der Waals surface area contributed by atoms with E-state index in [9.17, 15) is 9.59 Å². The first-order chi connectivity index (χ1) is 16.7. The van der Waals surface area contributed by atoms with Crippen molar-refractivity contribution in [3.8, 4) is 23.0 Å². The van der Waals surface area contributed by atoms with E-state index < -0.39 is 17.7 Å². The normalized spacial score (nSPS) is 11.7. The van der Waals surface area contributed by atoms with Crippen molar-refractivity contribution >= 4 is 46.3 Å². The number of azo groups is 1. The van der Waals surface area contributed by atoms with Crippen molar-refractivity contribution < 1.29 is 28.5 Å². The van der Waals surface area contributed by atoms with Gasteiger partial charge in [0.2, 0.25) is 6.04 Å². The Morgan fingerprint density at radius 2 is 1.46 bits per heavy atom. The maximum atomic E-state index is 13.0. The summed E-state index contributed by atoms with van der Waals surface area (Å²) in [6, 6.07) is 4.79. The van der Waals surface area contributed by atoms with Gasteiger partial charge >= 0.3 is 0 Å². The molecule has 1 unspecified atom stereocenters. The topological polar surface area (TPSA) is 108 Å². The summed E-state index contributed by atoms with van der Waals surface area (Å²) < 4.78 is 22.1. The van der Waals surface area contributed by atoms with Crippen LogP contribution in [0, 0.1) is 0 Å². The minimum absolute atomic E-state index is 0.179. The van der Waals surface area contributed by atoms with Crippen LogP contribution in [0.5, 0.6) is 23.0 Å². The van der Waals surface area contributed by atoms with Gasteiger partial charge in [0.25, 0.3) is 5.91 Å². The molecule has 1 N–H and O–H groups in total. The molecule has 1 atom stereocenters. The van der Waals surface area contributed by atoms with Gasteiger partial charge in [-0.3, -0.25) is 9.59 Å². The molecular formula is C24H29Cl2N3O6. The molecule has 0 radical (unpaired) electrons. The highest BCUT2D eigenvalue weighted by Crippen LogP contribution is 2.39. The van der Waals surface area contributed by atoms with Gasteiger partial charge in [0, 0.05) is 18.2 Å². The largest absolute Gasteiger partial charge is 0.494 e. The Hall–Kier alpha value is -3.04. The van der Waals surface area contributed by atoms with Crippen LogP contribution in [0.4, 0.5) is 11.4 Å². The Kier molecular flexibility index (Phi) is 11.1. The fraction of sp³-hybridized carbons (Fsp3) is 0.417. The van der Waals surface area contributed by atoms with Crippen LogP contribution in [-0.4, -0.2) is 44.2 Å². The molecule has 0 saturated heterocycles. The third-order valence-electron chi connectivity index (χ3n) is 4.41. The maximum absolute atomic E-state index is 13.0. The van der Waals surface area contributed by atoms with Crippen LogP contribution < -0.4 is 24.3 Å². The van der Waals surface area contributed by atoms with Crippen molar-refractivity contribution in [2.24, 2.45) is 10.2 Å². The second kappa shape index (κ2) is 13.7. The molecule has 0 spiro atoms. The highest BCUT2D eigenvalue weighted by Gasteiger charge is 2.25. The molecule has 2 aromatic carbocycles. The molecular weight excluding hydrogens is 497 g/mol. The second-order valence-electron chi connectivity index (χ2n) is 6.98. The SMILES string of the molecule is CCOc1cc(N=NC(C(C)=O)C(=O)Nc2cc(Cl)c(OCC)cc2OCC)c(Cl)c(OCC)c1. The molecule has 1 amide bonds. The Morgan fingerprint density at radius 3 is 2.06 bits per heavy atom. The number of hydrogen-bond acceptors (Lipinski definition) is 8. The Morgan fingerprint density at radius 1 is 0.857 bits per heavy atom. The molecule has 11 heteroatoms. The average Bonchev–Trinajstić information content (AvgIpc) is 2.80. The number of rotatable bonds is 13. The van der Waals surface area contributed by atoms with Gasteiger partial charge in [0.1, 0.15) is 33.7 Å². The minimum Gasteiger partial charge on any atom is -0.494 e. The zero-order chi connectivity index (χ0) is 26.0. The predicted molar refractivity (Wildman–Crippen MR) is 135 cm³/mol. The summed E-state index contributed by atoms with van der Waals surface area (Å²) in [6.07, 6.45) is 0. The van der Waals surface area contributed by atoms with Crippen molar-refractivity contribution in [2.75, 3.05) is 31.7 Å². The van der Waals surface area contributed by atoms with Crippen LogP contribution in [0.2, 0.25) is 10.0 Å². The summed E-state index contributed by atoms with van der Waals surface area (Å²) in [5.41, 5.74) is 0.459. The number of Topliss-reactive ketones (excluding diaryl/α,β-unsaturated/α-hetero) is 1. The standard InChI is InChI=1S/C24H29Cl2N3O6/c1-6-32-15-10-18(22(26)21(11-15)35-9-4)28-29-23(14(5)30)24(31)27-17-12-16(25)19(33-7-2)13-20(17)34-8-3/h10-13,23H,6-9H2,1-5H3,(H,27,31). The van der Waals surface area contributed by atoms with E-state index in [0.717, 1.165) is 0 Å². The van der Waals surface area contributed by atoms with Crippen molar-refractivity contribution in [1.82, 2.24) is 0 Å². The summed E-state index contributed by atoms with van der Waals surface area (Å²) in [4.78, 5) is 25.2. The molecule has 2 rings (SSSR count). The molecule has 2 aromatic rings. The van der Waals surface area contributed by atoms with Gasteiger partial charge in [-0.2, -0.15) is 10.2 Å². The van der Waals surface area contributed by atoms with Crippen LogP contribution in [0.25, 0.3) is 0 Å². The summed E-state index contributed by atoms with van der Waals surface area (Å²) in [5.74, 6) is 0.314. The first-order valence-corrected chi connectivity index (χ1v) is 11.9. The summed E-state index contributed by atoms with van der Waals surface area (Å²) in [7, 11) is 0. The van der Waals surface area contributed by atoms with Crippen LogP contribution in [-0.2, 0) is 9.59 Å². The average molecular weight is 526 g/mol. The molecule has 9 nitrogen and oxygen atoms in total. The number of ether oxygens (including phenoxy) is 4. The molecule has 0 aliphatic heterocycles. The van der Waals surface area contributed by atoms with Gasteiger partial charge in [0.15, 0.2) is 5.78 Å². The van der Waals surface area contributed by atoms with E-state index in [1.165, 1.54) is 13.0 Å². The third-order valence-corrected chi connectivity index (χ3v) is 5.09. The number of carbonyl (C=O) groups is 2. The Balaban J connectivity index is 2.37. The lowest BCUT2D eigenvalue weighted by Crippen LogP contribution is -2.32. The van der Waals surface area contributed by atoms with Crippen LogP contribution in [0.3, 0.4) is 0 Å². The number of nitrogens with zero attached hydrogens (tertiary/aromatic N) is 2. The number of benzene rings is 2. The van der Waals surface area contributed by atoms with Crippen molar-refractivity contribution in [3.63, 3.8) is 0 Å². The Labute approximate surface area is 214 Å². The van der Waals surface area contributed by atoms with Gasteiger partial charge in [0.05, 0.1) is 37.1 Å². The van der Waals surface area contributed by atoms with Crippen LogP contribution in [0.15, 0.2) is 34.5 Å². The number of halogens is 2. The van der Waals surface area contributed by atoms with Gasteiger partial charge in [-0.15, -0.1) is 0 Å². The first-order valence-electron chi connectivity index (χ1n) is 11.2. The van der Waals surface area contributed by atoms with E-state index in [2.05, 4.69) is 15.5 Å². The van der Waals surface area contributed by atoms with Gasteiger partial charge in [-0.1, -0.05) is 23.2 Å². The number of anilines is 1. The van der Waals surface area contributed by atoms with E-state index in [4.69, 9.17) is 42.1 Å². The first kappa shape index (κ1) is 28.2. The summed E-state index contributed by atoms with van der Waals surface area (Å²) in [5, 5.41) is 11.1. The van der Waals surface area contributed by atoms with Crippen molar-refractivity contribution in [3.05, 3.63) is 34.3 Å². The fourth-order valence-electron chi connectivity index (χ4n) is 2.95. The van der Waals surface area contributed by atoms with E-state index in [1.807, 2.05) is 20.8 Å². The summed E-state index contributed by atoms with van der Waals surface area (Å²) >= 11 is 12.6. The van der Waals surface area contributed by atoms with E-state index in [0.29, 0.717) is 49.4 Å². The van der Waals surface area contributed by atoms with Gasteiger partial charge in [-0.25, -0.2) is 0 Å². The third kappa shape index (κ3) is 7.73. The lowest BCUT2D eigenvalue weighted by Gasteiger charge is -2.16. The molecule has 0 aliphatic rings. The lowest BCUT2D eigenvalue weighted by atomic mass is 10.2. The number of ketones is 1. The highest BCUT2D eigenvalue weighted by atomic mass is 35.5. The number of carbonyl (C=O) groups excluding carboxylic acids is 2. The number of amides is 1. The second-order valence-corrected chi connectivity index (χ2v) is 7.77. The van der Waals surface area contributed by atoms with Gasteiger partial charge < -0.3 is 24.3 Å². The van der Waals surface area contributed by atoms with Crippen molar-refractivity contribution in [1.29, 1.82) is 0 Å². The molecule has 0 saturated carbocycles. The maximum Gasteiger partial charge on any atom is 0.258 e.